The fraction of sp³-hybridized carbons (Fsp3) is 0.625. The lowest BCUT2D eigenvalue weighted by Crippen LogP contribution is -2.15. The van der Waals surface area contributed by atoms with E-state index in [9.17, 15) is 0 Å². The summed E-state index contributed by atoms with van der Waals surface area (Å²) in [4.78, 5) is 0. The zero-order valence-corrected chi connectivity index (χ0v) is 7.00. The first-order chi connectivity index (χ1) is 5.18. The van der Waals surface area contributed by atoms with Gasteiger partial charge < -0.3 is 10.3 Å². The summed E-state index contributed by atoms with van der Waals surface area (Å²) < 4.78 is 4.91. The van der Waals surface area contributed by atoms with E-state index in [0.29, 0.717) is 0 Å². The van der Waals surface area contributed by atoms with Crippen molar-refractivity contribution in [2.75, 3.05) is 0 Å². The van der Waals surface area contributed by atoms with Gasteiger partial charge in [0.15, 0.2) is 0 Å². The molecule has 1 aromatic rings. The highest BCUT2D eigenvalue weighted by atomic mass is 16.5. The van der Waals surface area contributed by atoms with E-state index in [4.69, 9.17) is 10.3 Å². The molecule has 2 N–H and O–H groups in total. The summed E-state index contributed by atoms with van der Waals surface area (Å²) in [5, 5.41) is 3.86. The van der Waals surface area contributed by atoms with Crippen molar-refractivity contribution in [3.05, 3.63) is 17.5 Å². The number of nitrogens with two attached hydrogens (primary N) is 1. The maximum atomic E-state index is 5.59. The predicted octanol–water partition coefficient (Wildman–Crippen LogP) is 1.26. The summed E-state index contributed by atoms with van der Waals surface area (Å²) in [6.07, 6.45) is 1.88. The normalized spacial score (nSPS) is 13.4. The van der Waals surface area contributed by atoms with Crippen LogP contribution in [-0.2, 0) is 6.42 Å². The fourth-order valence-electron chi connectivity index (χ4n) is 0.911. The molecule has 0 aromatic carbocycles. The van der Waals surface area contributed by atoms with Crippen LogP contribution in [0.3, 0.4) is 0 Å². The van der Waals surface area contributed by atoms with Crippen LogP contribution >= 0.6 is 0 Å². The van der Waals surface area contributed by atoms with Crippen LogP contribution in [0.25, 0.3) is 0 Å². The van der Waals surface area contributed by atoms with Gasteiger partial charge in [0, 0.05) is 12.1 Å². The lowest BCUT2D eigenvalue weighted by atomic mass is 10.1. The van der Waals surface area contributed by atoms with Crippen LogP contribution < -0.4 is 5.73 Å². The van der Waals surface area contributed by atoms with Gasteiger partial charge in [0.25, 0.3) is 0 Å². The van der Waals surface area contributed by atoms with Gasteiger partial charge in [-0.1, -0.05) is 5.16 Å². The molecule has 0 saturated carbocycles. The molecule has 62 valence electrons. The van der Waals surface area contributed by atoms with Gasteiger partial charge in [-0.2, -0.15) is 0 Å². The largest absolute Gasteiger partial charge is 0.361 e. The van der Waals surface area contributed by atoms with Crippen LogP contribution in [0.2, 0.25) is 0 Å². The molecular weight excluding hydrogens is 140 g/mol. The second-order valence-electron chi connectivity index (χ2n) is 2.94. The number of rotatable bonds is 3. The average Bonchev–Trinajstić information content (AvgIpc) is 2.31. The molecule has 0 amide bonds. The molecule has 0 aliphatic rings. The van der Waals surface area contributed by atoms with Crippen molar-refractivity contribution in [3.8, 4) is 0 Å². The summed E-state index contributed by atoms with van der Waals surface area (Å²) >= 11 is 0. The Labute approximate surface area is 66.6 Å². The first kappa shape index (κ1) is 8.27. The van der Waals surface area contributed by atoms with Gasteiger partial charge in [0.2, 0.25) is 0 Å². The van der Waals surface area contributed by atoms with Crippen LogP contribution in [0.5, 0.6) is 0 Å². The lowest BCUT2D eigenvalue weighted by molar-refractivity contribution is 0.389. The van der Waals surface area contributed by atoms with Crippen molar-refractivity contribution in [3.63, 3.8) is 0 Å². The van der Waals surface area contributed by atoms with E-state index in [2.05, 4.69) is 5.16 Å². The predicted molar refractivity (Wildman–Crippen MR) is 43.2 cm³/mol. The molecule has 3 heteroatoms. The van der Waals surface area contributed by atoms with Crippen molar-refractivity contribution >= 4 is 0 Å². The Morgan fingerprint density at radius 2 is 2.45 bits per heavy atom. The third kappa shape index (κ3) is 2.72. The van der Waals surface area contributed by atoms with Gasteiger partial charge in [-0.3, -0.25) is 0 Å². The molecule has 0 saturated heterocycles. The molecule has 0 fully saturated rings. The van der Waals surface area contributed by atoms with Crippen molar-refractivity contribution in [2.45, 2.75) is 32.7 Å². The molecule has 11 heavy (non-hydrogen) atoms. The molecule has 1 rings (SSSR count). The van der Waals surface area contributed by atoms with Crippen LogP contribution in [-0.4, -0.2) is 11.2 Å². The highest BCUT2D eigenvalue weighted by Crippen LogP contribution is 2.04. The third-order valence-electron chi connectivity index (χ3n) is 1.53. The number of aryl methyl sites for hydroxylation is 2. The molecule has 0 spiro atoms. The van der Waals surface area contributed by atoms with Crippen LogP contribution in [0.1, 0.15) is 24.8 Å². The molecule has 1 heterocycles. The molecule has 0 aliphatic carbocycles. The average molecular weight is 154 g/mol. The van der Waals surface area contributed by atoms with Gasteiger partial charge in [0.05, 0.1) is 5.69 Å². The Balaban J connectivity index is 2.39. The van der Waals surface area contributed by atoms with Crippen molar-refractivity contribution in [1.82, 2.24) is 5.16 Å². The Bertz CT molecular complexity index is 218. The smallest absolute Gasteiger partial charge is 0.133 e. The van der Waals surface area contributed by atoms with Crippen LogP contribution in [0.4, 0.5) is 0 Å². The maximum absolute atomic E-state index is 5.59. The highest BCUT2D eigenvalue weighted by Gasteiger charge is 2.01. The molecule has 3 nitrogen and oxygen atoms in total. The lowest BCUT2D eigenvalue weighted by Gasteiger charge is -1.99. The molecule has 0 bridgehead atoms. The molecule has 0 aliphatic heterocycles. The van der Waals surface area contributed by atoms with Gasteiger partial charge in [-0.25, -0.2) is 0 Å². The second kappa shape index (κ2) is 3.53. The molecule has 1 aromatic heterocycles. The van der Waals surface area contributed by atoms with E-state index in [0.717, 1.165) is 24.3 Å². The van der Waals surface area contributed by atoms with E-state index >= 15 is 0 Å². The van der Waals surface area contributed by atoms with E-state index in [1.165, 1.54) is 0 Å². The summed E-state index contributed by atoms with van der Waals surface area (Å²) in [7, 11) is 0. The Morgan fingerprint density at radius 1 is 1.73 bits per heavy atom. The molecule has 1 unspecified atom stereocenters. The van der Waals surface area contributed by atoms with Crippen molar-refractivity contribution in [2.24, 2.45) is 5.73 Å². The highest BCUT2D eigenvalue weighted by molar-refractivity contribution is 5.03. The molecule has 1 atom stereocenters. The van der Waals surface area contributed by atoms with Gasteiger partial charge >= 0.3 is 0 Å². The molecular formula is C8H14N2O. The number of nitrogens with zero attached hydrogens (tertiary/aromatic N) is 1. The minimum Gasteiger partial charge on any atom is -0.361 e. The summed E-state index contributed by atoms with van der Waals surface area (Å²) in [5.74, 6) is 0.865. The van der Waals surface area contributed by atoms with E-state index < -0.39 is 0 Å². The van der Waals surface area contributed by atoms with Gasteiger partial charge in [0.1, 0.15) is 5.76 Å². The zero-order valence-electron chi connectivity index (χ0n) is 7.00. The summed E-state index contributed by atoms with van der Waals surface area (Å²) in [6, 6.07) is 2.19. The SMILES string of the molecule is Cc1cc(CCC(C)N)no1. The minimum atomic E-state index is 0.243. The van der Waals surface area contributed by atoms with Crippen molar-refractivity contribution < 1.29 is 4.52 Å². The van der Waals surface area contributed by atoms with Crippen LogP contribution in [0, 0.1) is 6.92 Å². The summed E-state index contributed by atoms with van der Waals surface area (Å²) in [6.45, 7) is 3.88. The standard InChI is InChI=1S/C8H14N2O/c1-6(9)3-4-8-5-7(2)11-10-8/h5-6H,3-4,9H2,1-2H3. The van der Waals surface area contributed by atoms with Gasteiger partial charge in [-0.05, 0) is 26.7 Å². The Morgan fingerprint density at radius 3 is 2.91 bits per heavy atom. The van der Waals surface area contributed by atoms with E-state index in [-0.39, 0.29) is 6.04 Å². The van der Waals surface area contributed by atoms with E-state index in [1.807, 2.05) is 19.9 Å². The molecule has 0 radical (unpaired) electrons. The third-order valence-corrected chi connectivity index (χ3v) is 1.53. The van der Waals surface area contributed by atoms with Crippen LogP contribution in [0.15, 0.2) is 10.6 Å². The second-order valence-corrected chi connectivity index (χ2v) is 2.94. The Kier molecular flexibility index (Phi) is 2.65. The minimum absolute atomic E-state index is 0.243. The maximum Gasteiger partial charge on any atom is 0.133 e. The fourth-order valence-corrected chi connectivity index (χ4v) is 0.911. The van der Waals surface area contributed by atoms with Crippen molar-refractivity contribution in [1.29, 1.82) is 0 Å². The number of aromatic nitrogens is 1. The number of hydrogen-bond acceptors (Lipinski definition) is 3. The topological polar surface area (TPSA) is 52.0 Å². The number of hydrogen-bond donors (Lipinski definition) is 1. The quantitative estimate of drug-likeness (QED) is 0.713. The first-order valence-electron chi connectivity index (χ1n) is 3.86. The van der Waals surface area contributed by atoms with E-state index in [1.54, 1.807) is 0 Å². The Hall–Kier alpha value is -0.830. The summed E-state index contributed by atoms with van der Waals surface area (Å²) in [5.41, 5.74) is 6.59. The van der Waals surface area contributed by atoms with Gasteiger partial charge in [-0.15, -0.1) is 0 Å². The first-order valence-corrected chi connectivity index (χ1v) is 3.86. The monoisotopic (exact) mass is 154 g/mol. The zero-order chi connectivity index (χ0) is 8.27.